The molecule has 4 N–H and O–H groups in total. The molecule has 0 atom stereocenters. The summed E-state index contributed by atoms with van der Waals surface area (Å²) in [5.74, 6) is -0.378. The van der Waals surface area contributed by atoms with Crippen molar-refractivity contribution >= 4 is 28.4 Å². The Morgan fingerprint density at radius 1 is 0.933 bits per heavy atom. The van der Waals surface area contributed by atoms with E-state index in [2.05, 4.69) is 45.0 Å². The van der Waals surface area contributed by atoms with Gasteiger partial charge in [-0.05, 0) is 23.8 Å². The lowest BCUT2D eigenvalue weighted by atomic mass is 10.1. The van der Waals surface area contributed by atoms with Crippen LogP contribution in [-0.2, 0) is 16.0 Å². The molecule has 2 aromatic carbocycles. The maximum Gasteiger partial charge on any atom is 0.244 e. The molecule has 1 aliphatic heterocycles. The maximum atomic E-state index is 12.2. The first-order chi connectivity index (χ1) is 14.7. The summed E-state index contributed by atoms with van der Waals surface area (Å²) in [6, 6.07) is 18.3. The predicted octanol–water partition coefficient (Wildman–Crippen LogP) is 0.653. The number of carbonyl (C=O) groups is 2. The number of nitrogens with zero attached hydrogens (tertiary/aromatic N) is 1. The molecule has 1 aliphatic rings. The number of fused-ring (bicyclic) bond motifs is 1. The van der Waals surface area contributed by atoms with Crippen molar-refractivity contribution in [1.82, 2.24) is 15.8 Å². The molecule has 1 aromatic heterocycles. The van der Waals surface area contributed by atoms with Crippen molar-refractivity contribution in [2.75, 3.05) is 37.6 Å². The van der Waals surface area contributed by atoms with Gasteiger partial charge in [0.1, 0.15) is 0 Å². The molecule has 7 heteroatoms. The summed E-state index contributed by atoms with van der Waals surface area (Å²) >= 11 is 0. The Labute approximate surface area is 176 Å². The number of nitrogens with one attached hydrogen (secondary N) is 4. The maximum absolute atomic E-state index is 12.2. The molecule has 0 saturated carbocycles. The zero-order chi connectivity index (χ0) is 20.8. The van der Waals surface area contributed by atoms with Gasteiger partial charge in [0.05, 0.1) is 45.6 Å². The van der Waals surface area contributed by atoms with Gasteiger partial charge in [0.15, 0.2) is 0 Å². The number of quaternary nitrogens is 1. The molecule has 1 saturated heterocycles. The molecule has 3 aromatic rings. The molecule has 1 fully saturated rings. The molecule has 4 rings (SSSR count). The third-order valence-corrected chi connectivity index (χ3v) is 5.66. The number of hydrogen-bond acceptors (Lipinski definition) is 3. The van der Waals surface area contributed by atoms with Gasteiger partial charge >= 0.3 is 0 Å². The second kappa shape index (κ2) is 9.45. The number of hydrazine groups is 1. The van der Waals surface area contributed by atoms with Gasteiger partial charge in [-0.1, -0.05) is 36.4 Å². The molecule has 0 unspecified atom stereocenters. The van der Waals surface area contributed by atoms with Gasteiger partial charge in [-0.3, -0.25) is 20.4 Å². The quantitative estimate of drug-likeness (QED) is 0.454. The topological polar surface area (TPSA) is 81.7 Å². The molecule has 7 nitrogen and oxygen atoms in total. The smallest absolute Gasteiger partial charge is 0.244 e. The number of aromatic amines is 1. The molecule has 0 spiro atoms. The van der Waals surface area contributed by atoms with E-state index in [9.17, 15) is 9.59 Å². The Morgan fingerprint density at radius 3 is 2.43 bits per heavy atom. The van der Waals surface area contributed by atoms with E-state index in [0.717, 1.165) is 49.2 Å². The van der Waals surface area contributed by atoms with Gasteiger partial charge in [0, 0.05) is 22.8 Å². The summed E-state index contributed by atoms with van der Waals surface area (Å²) in [4.78, 5) is 31.3. The van der Waals surface area contributed by atoms with Crippen molar-refractivity contribution in [3.8, 4) is 0 Å². The zero-order valence-corrected chi connectivity index (χ0v) is 17.0. The summed E-state index contributed by atoms with van der Waals surface area (Å²) in [6.07, 6.45) is 2.45. The van der Waals surface area contributed by atoms with Crippen LogP contribution in [0, 0.1) is 0 Å². The second-order valence-electron chi connectivity index (χ2n) is 7.71. The Kier molecular flexibility index (Phi) is 6.29. The van der Waals surface area contributed by atoms with Crippen LogP contribution >= 0.6 is 0 Å². The second-order valence-corrected chi connectivity index (χ2v) is 7.71. The van der Waals surface area contributed by atoms with E-state index in [1.165, 1.54) is 10.6 Å². The van der Waals surface area contributed by atoms with Crippen molar-refractivity contribution < 1.29 is 14.5 Å². The first kappa shape index (κ1) is 20.0. The fourth-order valence-electron chi connectivity index (χ4n) is 3.96. The van der Waals surface area contributed by atoms with E-state index >= 15 is 0 Å². The molecule has 30 heavy (non-hydrogen) atoms. The lowest BCUT2D eigenvalue weighted by Crippen LogP contribution is -3.15. The van der Waals surface area contributed by atoms with Crippen LogP contribution in [-0.4, -0.2) is 49.5 Å². The van der Waals surface area contributed by atoms with Crippen LogP contribution < -0.4 is 20.7 Å². The Bertz CT molecular complexity index is 993. The van der Waals surface area contributed by atoms with Crippen LogP contribution in [0.1, 0.15) is 12.0 Å². The average molecular weight is 407 g/mol. The van der Waals surface area contributed by atoms with Crippen LogP contribution in [0.5, 0.6) is 0 Å². The molecule has 156 valence electrons. The van der Waals surface area contributed by atoms with Crippen LogP contribution in [0.2, 0.25) is 0 Å². The molecule has 0 radical (unpaired) electrons. The number of piperazine rings is 1. The molecular formula is C23H28N5O2+. The van der Waals surface area contributed by atoms with Gasteiger partial charge < -0.3 is 14.8 Å². The number of hydrogen-bond donors (Lipinski definition) is 4. The first-order valence-electron chi connectivity index (χ1n) is 10.5. The van der Waals surface area contributed by atoms with Gasteiger partial charge in [0.2, 0.25) is 11.8 Å². The lowest BCUT2D eigenvalue weighted by Gasteiger charge is -2.33. The Morgan fingerprint density at radius 2 is 1.63 bits per heavy atom. The van der Waals surface area contributed by atoms with Crippen molar-refractivity contribution in [2.45, 2.75) is 12.8 Å². The summed E-state index contributed by atoms with van der Waals surface area (Å²) in [6.45, 7) is 4.77. The number of rotatable bonds is 6. The number of amides is 2. The molecule has 0 aliphatic carbocycles. The minimum atomic E-state index is -0.225. The average Bonchev–Trinajstić information content (AvgIpc) is 3.20. The molecule has 2 heterocycles. The van der Waals surface area contributed by atoms with Crippen LogP contribution in [0.4, 0.5) is 5.69 Å². The molecule has 0 bridgehead atoms. The number of para-hydroxylation sites is 2. The van der Waals surface area contributed by atoms with Gasteiger partial charge in [0.25, 0.3) is 0 Å². The minimum absolute atomic E-state index is 0.153. The van der Waals surface area contributed by atoms with Crippen LogP contribution in [0.15, 0.2) is 60.8 Å². The zero-order valence-electron chi connectivity index (χ0n) is 17.0. The number of anilines is 1. The van der Waals surface area contributed by atoms with E-state index in [1.807, 2.05) is 36.5 Å². The SMILES string of the molecule is O=C(CC[NH+]1CCN(c2ccccc2)CC1)NNC(=O)Cc1c[nH]c2ccccc12. The normalized spacial score (nSPS) is 14.6. The van der Waals surface area contributed by atoms with E-state index in [-0.39, 0.29) is 18.2 Å². The van der Waals surface area contributed by atoms with Gasteiger partial charge in [-0.15, -0.1) is 0 Å². The first-order valence-corrected chi connectivity index (χ1v) is 10.5. The Balaban J connectivity index is 1.15. The van der Waals surface area contributed by atoms with Crippen molar-refractivity contribution in [3.05, 3.63) is 66.4 Å². The standard InChI is InChI=1S/C23H27N5O2/c29-22(10-11-27-12-14-28(15-13-27)19-6-2-1-3-7-19)25-26-23(30)16-18-17-24-21-9-5-4-8-20(18)21/h1-9,17,24H,10-16H2,(H,25,29)(H,26,30)/p+1. The van der Waals surface area contributed by atoms with Crippen LogP contribution in [0.25, 0.3) is 10.9 Å². The van der Waals surface area contributed by atoms with Crippen molar-refractivity contribution in [3.63, 3.8) is 0 Å². The third-order valence-electron chi connectivity index (χ3n) is 5.66. The highest BCUT2D eigenvalue weighted by Crippen LogP contribution is 2.17. The largest absolute Gasteiger partial charge is 0.361 e. The van der Waals surface area contributed by atoms with E-state index in [0.29, 0.717) is 6.42 Å². The molecular weight excluding hydrogens is 378 g/mol. The summed E-state index contributed by atoms with van der Waals surface area (Å²) in [7, 11) is 0. The fourth-order valence-corrected chi connectivity index (χ4v) is 3.96. The number of carbonyl (C=O) groups excluding carboxylic acids is 2. The summed E-state index contributed by atoms with van der Waals surface area (Å²) in [5.41, 5.74) is 8.25. The Hall–Kier alpha value is -3.32. The highest BCUT2D eigenvalue weighted by molar-refractivity contribution is 5.89. The lowest BCUT2D eigenvalue weighted by molar-refractivity contribution is -0.900. The van der Waals surface area contributed by atoms with Gasteiger partial charge in [-0.25, -0.2) is 0 Å². The highest BCUT2D eigenvalue weighted by Gasteiger charge is 2.20. The van der Waals surface area contributed by atoms with Crippen molar-refractivity contribution in [1.29, 1.82) is 0 Å². The van der Waals surface area contributed by atoms with E-state index < -0.39 is 0 Å². The number of aromatic nitrogens is 1. The van der Waals surface area contributed by atoms with E-state index in [1.54, 1.807) is 0 Å². The van der Waals surface area contributed by atoms with Crippen LogP contribution in [0.3, 0.4) is 0 Å². The third kappa shape index (κ3) is 4.99. The highest BCUT2D eigenvalue weighted by atomic mass is 16.2. The monoisotopic (exact) mass is 406 g/mol. The molecule has 2 amide bonds. The van der Waals surface area contributed by atoms with Crippen molar-refractivity contribution in [2.24, 2.45) is 0 Å². The minimum Gasteiger partial charge on any atom is -0.361 e. The summed E-state index contributed by atoms with van der Waals surface area (Å²) in [5, 5.41) is 1.03. The van der Waals surface area contributed by atoms with Gasteiger partial charge in [-0.2, -0.15) is 0 Å². The fraction of sp³-hybridized carbons (Fsp3) is 0.304. The van der Waals surface area contributed by atoms with E-state index in [4.69, 9.17) is 0 Å². The summed E-state index contributed by atoms with van der Waals surface area (Å²) < 4.78 is 0. The number of benzene rings is 2. The number of H-pyrrole nitrogens is 1. The predicted molar refractivity (Wildman–Crippen MR) is 117 cm³/mol.